The SMILES string of the molecule is CCC(C)[C@H]1C(=O)Nc2ccccc2C(CO)N1C(N)=O.N#C[O-].[K+]. The van der Waals surface area contributed by atoms with E-state index >= 15 is 0 Å². The van der Waals surface area contributed by atoms with Crippen molar-refractivity contribution in [3.8, 4) is 6.26 Å². The Bertz CT molecular complexity index is 635. The van der Waals surface area contributed by atoms with Gasteiger partial charge < -0.3 is 26.2 Å². The number of fused-ring (bicyclic) bond motifs is 1. The number of rotatable bonds is 3. The van der Waals surface area contributed by atoms with E-state index in [2.05, 4.69) is 5.32 Å². The number of carbonyl (C=O) groups is 2. The van der Waals surface area contributed by atoms with Crippen molar-refractivity contribution in [1.29, 1.82) is 5.26 Å². The molecule has 8 nitrogen and oxygen atoms in total. The molecular formula is C16H21KN4O4. The quantitative estimate of drug-likeness (QED) is 0.391. The monoisotopic (exact) mass is 372 g/mol. The molecule has 1 aliphatic rings. The number of nitrogens with zero attached hydrogens (tertiary/aromatic N) is 2. The number of amides is 3. The number of aliphatic hydroxyl groups excluding tert-OH is 1. The van der Waals surface area contributed by atoms with Gasteiger partial charge in [-0.2, -0.15) is 0 Å². The molecule has 1 aromatic rings. The molecule has 1 aromatic carbocycles. The van der Waals surface area contributed by atoms with Crippen molar-refractivity contribution < 1.29 is 71.2 Å². The van der Waals surface area contributed by atoms with Crippen molar-refractivity contribution in [2.45, 2.75) is 32.4 Å². The maximum atomic E-state index is 12.5. The number of urea groups is 1. The largest absolute Gasteiger partial charge is 1.00 e. The van der Waals surface area contributed by atoms with Crippen LogP contribution < -0.4 is 67.5 Å². The summed E-state index contributed by atoms with van der Waals surface area (Å²) in [6, 6.07) is 5.11. The van der Waals surface area contributed by atoms with Crippen molar-refractivity contribution in [3.63, 3.8) is 0 Å². The first-order valence-corrected chi connectivity index (χ1v) is 7.52. The summed E-state index contributed by atoms with van der Waals surface area (Å²) in [5.41, 5.74) is 6.80. The fourth-order valence-electron chi connectivity index (χ4n) is 2.81. The molecule has 3 atom stereocenters. The first kappa shape index (κ1) is 23.8. The smallest absolute Gasteiger partial charge is 0.812 e. The molecule has 0 aliphatic carbocycles. The Morgan fingerprint density at radius 2 is 2.08 bits per heavy atom. The molecule has 9 heteroatoms. The molecule has 2 unspecified atom stereocenters. The van der Waals surface area contributed by atoms with E-state index in [1.807, 2.05) is 13.8 Å². The number of nitrogens with one attached hydrogen (secondary N) is 1. The predicted octanol–water partition coefficient (Wildman–Crippen LogP) is -2.70. The average molecular weight is 372 g/mol. The van der Waals surface area contributed by atoms with Crippen molar-refractivity contribution in [2.24, 2.45) is 11.7 Å². The molecule has 0 aromatic heterocycles. The minimum Gasteiger partial charge on any atom is -0.812 e. The van der Waals surface area contributed by atoms with Crippen LogP contribution in [0.15, 0.2) is 24.3 Å². The standard InChI is InChI=1S/C15H21N3O3.CHNO.K/c1-3-9(2)13-14(20)17-11-7-5-4-6-10(11)12(8-19)18(13)15(16)21;2-1-3;/h4-7,9,12-13,19H,3,8H2,1-2H3,(H2,16,21)(H,17,20);3H;/q;;+1/p-1/t9?,12?,13-;;/m0../s1. The Labute approximate surface area is 189 Å². The van der Waals surface area contributed by atoms with Crippen LogP contribution in [-0.2, 0) is 4.79 Å². The zero-order chi connectivity index (χ0) is 18.3. The van der Waals surface area contributed by atoms with Crippen molar-refractivity contribution >= 4 is 17.6 Å². The van der Waals surface area contributed by atoms with Crippen LogP contribution in [0.5, 0.6) is 0 Å². The molecule has 0 spiro atoms. The van der Waals surface area contributed by atoms with Crippen LogP contribution >= 0.6 is 0 Å². The molecule has 0 saturated heterocycles. The van der Waals surface area contributed by atoms with Gasteiger partial charge in [0.1, 0.15) is 6.04 Å². The summed E-state index contributed by atoms with van der Waals surface area (Å²) in [6.07, 6.45) is 1.22. The molecule has 2 rings (SSSR count). The zero-order valence-electron chi connectivity index (χ0n) is 14.6. The van der Waals surface area contributed by atoms with E-state index in [-0.39, 0.29) is 69.8 Å². The molecule has 0 fully saturated rings. The third-order valence-corrected chi connectivity index (χ3v) is 4.09. The summed E-state index contributed by atoms with van der Waals surface area (Å²) < 4.78 is 0. The second-order valence-corrected chi connectivity index (χ2v) is 5.44. The maximum absolute atomic E-state index is 12.5. The topological polar surface area (TPSA) is 143 Å². The van der Waals surface area contributed by atoms with E-state index in [1.54, 1.807) is 24.3 Å². The van der Waals surface area contributed by atoms with Gasteiger partial charge in [-0.25, -0.2) is 10.1 Å². The van der Waals surface area contributed by atoms with Gasteiger partial charge in [0.15, 0.2) is 0 Å². The summed E-state index contributed by atoms with van der Waals surface area (Å²) in [6.45, 7) is 3.55. The van der Waals surface area contributed by atoms with Gasteiger partial charge in [0.2, 0.25) is 5.91 Å². The fraction of sp³-hybridized carbons (Fsp3) is 0.438. The molecule has 1 heterocycles. The predicted molar refractivity (Wildman–Crippen MR) is 85.2 cm³/mol. The Balaban J connectivity index is 0.00000134. The van der Waals surface area contributed by atoms with Crippen LogP contribution in [0.3, 0.4) is 0 Å². The van der Waals surface area contributed by atoms with E-state index in [0.29, 0.717) is 17.5 Å². The molecule has 0 bridgehead atoms. The number of benzene rings is 1. The third kappa shape index (κ3) is 5.67. The van der Waals surface area contributed by atoms with Gasteiger partial charge >= 0.3 is 57.4 Å². The summed E-state index contributed by atoms with van der Waals surface area (Å²) in [5, 5.41) is 27.6. The molecular weight excluding hydrogens is 351 g/mol. The van der Waals surface area contributed by atoms with E-state index in [4.69, 9.17) is 16.1 Å². The van der Waals surface area contributed by atoms with Crippen LogP contribution in [0.25, 0.3) is 0 Å². The first-order valence-electron chi connectivity index (χ1n) is 7.52. The van der Waals surface area contributed by atoms with Crippen molar-refractivity contribution in [2.75, 3.05) is 11.9 Å². The minimum atomic E-state index is -0.703. The van der Waals surface area contributed by atoms with Crippen molar-refractivity contribution in [3.05, 3.63) is 29.8 Å². The second-order valence-electron chi connectivity index (χ2n) is 5.44. The maximum Gasteiger partial charge on any atom is 1.00 e. The number of anilines is 1. The van der Waals surface area contributed by atoms with Gasteiger partial charge in [-0.3, -0.25) is 4.79 Å². The summed E-state index contributed by atoms with van der Waals surface area (Å²) in [7, 11) is 0. The number of primary amides is 1. The van der Waals surface area contributed by atoms with Gasteiger partial charge in [0.25, 0.3) is 0 Å². The summed E-state index contributed by atoms with van der Waals surface area (Å²) >= 11 is 0. The van der Waals surface area contributed by atoms with E-state index < -0.39 is 18.1 Å². The summed E-state index contributed by atoms with van der Waals surface area (Å²) in [5.74, 6) is -0.340. The zero-order valence-corrected chi connectivity index (χ0v) is 17.7. The normalized spacial score (nSPS) is 19.6. The Morgan fingerprint density at radius 3 is 2.56 bits per heavy atom. The molecule has 4 N–H and O–H groups in total. The van der Waals surface area contributed by atoms with Gasteiger partial charge in [-0.15, -0.1) is 0 Å². The van der Waals surface area contributed by atoms with Gasteiger partial charge in [0, 0.05) is 17.5 Å². The molecule has 25 heavy (non-hydrogen) atoms. The van der Waals surface area contributed by atoms with Gasteiger partial charge in [-0.1, -0.05) is 38.5 Å². The molecule has 130 valence electrons. The van der Waals surface area contributed by atoms with Crippen LogP contribution in [0, 0.1) is 17.4 Å². The third-order valence-electron chi connectivity index (χ3n) is 4.09. The fourth-order valence-corrected chi connectivity index (χ4v) is 2.81. The van der Waals surface area contributed by atoms with Crippen LogP contribution in [0.4, 0.5) is 10.5 Å². The average Bonchev–Trinajstić information content (AvgIpc) is 2.68. The van der Waals surface area contributed by atoms with Crippen LogP contribution in [0.2, 0.25) is 0 Å². The Hall–Kier alpha value is -1.15. The number of nitrogens with two attached hydrogens (primary N) is 1. The molecule has 3 amide bonds. The number of nitriles is 1. The van der Waals surface area contributed by atoms with Gasteiger partial charge in [-0.05, 0) is 12.0 Å². The van der Waals surface area contributed by atoms with Crippen LogP contribution in [-0.4, -0.2) is 34.6 Å². The van der Waals surface area contributed by atoms with E-state index in [1.165, 1.54) is 4.90 Å². The number of para-hydroxylation sites is 1. The first-order chi connectivity index (χ1) is 11.4. The Kier molecular flexibility index (Phi) is 10.9. The molecule has 1 aliphatic heterocycles. The minimum absolute atomic E-state index is 0. The van der Waals surface area contributed by atoms with E-state index in [0.717, 1.165) is 6.42 Å². The van der Waals surface area contributed by atoms with Gasteiger partial charge in [0.05, 0.1) is 12.6 Å². The number of hydrogen-bond acceptors (Lipinski definition) is 5. The Morgan fingerprint density at radius 1 is 1.52 bits per heavy atom. The second kappa shape index (κ2) is 11.5. The molecule has 0 saturated carbocycles. The van der Waals surface area contributed by atoms with Crippen molar-refractivity contribution in [1.82, 2.24) is 4.90 Å². The molecule has 0 radical (unpaired) electrons. The summed E-state index contributed by atoms with van der Waals surface area (Å²) in [4.78, 5) is 25.7. The van der Waals surface area contributed by atoms with E-state index in [9.17, 15) is 14.7 Å². The number of carbonyl (C=O) groups excluding carboxylic acids is 2. The number of hydrogen-bond donors (Lipinski definition) is 3. The number of aliphatic hydroxyl groups is 1. The van der Waals surface area contributed by atoms with Crippen LogP contribution in [0.1, 0.15) is 31.9 Å².